The van der Waals surface area contributed by atoms with Gasteiger partial charge in [0.1, 0.15) is 0 Å². The summed E-state index contributed by atoms with van der Waals surface area (Å²) < 4.78 is 4.84. The van der Waals surface area contributed by atoms with Crippen LogP contribution < -0.4 is 0 Å². The quantitative estimate of drug-likeness (QED) is 0.588. The molecule has 14 heavy (non-hydrogen) atoms. The van der Waals surface area contributed by atoms with E-state index in [-0.39, 0.29) is 19.1 Å². The molecule has 0 saturated carbocycles. The van der Waals surface area contributed by atoms with E-state index in [1.54, 1.807) is 6.92 Å². The Bertz CT molecular complexity index is 150. The van der Waals surface area contributed by atoms with Crippen molar-refractivity contribution in [2.75, 3.05) is 32.8 Å². The highest BCUT2D eigenvalue weighted by atomic mass is 16.5. The molecule has 0 aromatic rings. The highest BCUT2D eigenvalue weighted by molar-refractivity contribution is 5.71. The van der Waals surface area contributed by atoms with Crippen LogP contribution in [0, 0.1) is 0 Å². The lowest BCUT2D eigenvalue weighted by Crippen LogP contribution is -2.34. The molecule has 0 aliphatic heterocycles. The zero-order valence-corrected chi connectivity index (χ0v) is 9.16. The fourth-order valence-electron chi connectivity index (χ4n) is 1.18. The monoisotopic (exact) mass is 203 g/mol. The molecule has 4 heteroatoms. The van der Waals surface area contributed by atoms with E-state index in [1.807, 2.05) is 4.90 Å². The number of hydrogen-bond donors (Lipinski definition) is 1. The molecule has 84 valence electrons. The zero-order valence-electron chi connectivity index (χ0n) is 9.16. The van der Waals surface area contributed by atoms with E-state index in [0.29, 0.717) is 13.2 Å². The molecule has 0 rings (SSSR count). The van der Waals surface area contributed by atoms with Crippen molar-refractivity contribution in [3.8, 4) is 0 Å². The van der Waals surface area contributed by atoms with Crippen molar-refractivity contribution in [2.24, 2.45) is 0 Å². The van der Waals surface area contributed by atoms with Crippen LogP contribution in [0.25, 0.3) is 0 Å². The minimum absolute atomic E-state index is 0.0864. The van der Waals surface area contributed by atoms with Crippen LogP contribution in [0.2, 0.25) is 0 Å². The van der Waals surface area contributed by atoms with Crippen molar-refractivity contribution in [1.29, 1.82) is 0 Å². The van der Waals surface area contributed by atoms with E-state index in [0.717, 1.165) is 19.4 Å². The van der Waals surface area contributed by atoms with E-state index in [4.69, 9.17) is 9.84 Å². The maximum Gasteiger partial charge on any atom is 0.320 e. The van der Waals surface area contributed by atoms with Gasteiger partial charge in [0.25, 0.3) is 0 Å². The number of unbranched alkanes of at least 4 members (excludes halogenated alkanes) is 1. The second kappa shape index (κ2) is 8.97. The molecule has 0 bridgehead atoms. The van der Waals surface area contributed by atoms with Gasteiger partial charge in [-0.05, 0) is 19.9 Å². The summed E-state index contributed by atoms with van der Waals surface area (Å²) in [6.07, 6.45) is 2.13. The van der Waals surface area contributed by atoms with Crippen molar-refractivity contribution in [3.05, 3.63) is 0 Å². The predicted molar refractivity (Wildman–Crippen MR) is 55.1 cm³/mol. The molecular weight excluding hydrogens is 182 g/mol. The lowest BCUT2D eigenvalue weighted by atomic mass is 10.3. The third-order valence-electron chi connectivity index (χ3n) is 1.90. The van der Waals surface area contributed by atoms with Crippen LogP contribution in [0.5, 0.6) is 0 Å². The third-order valence-corrected chi connectivity index (χ3v) is 1.90. The summed E-state index contributed by atoms with van der Waals surface area (Å²) in [5.41, 5.74) is 0. The number of hydrogen-bond acceptors (Lipinski definition) is 4. The summed E-state index contributed by atoms with van der Waals surface area (Å²) in [5, 5.41) is 8.79. The van der Waals surface area contributed by atoms with Gasteiger partial charge in [0.2, 0.25) is 0 Å². The fourth-order valence-corrected chi connectivity index (χ4v) is 1.18. The van der Waals surface area contributed by atoms with E-state index >= 15 is 0 Å². The van der Waals surface area contributed by atoms with Gasteiger partial charge < -0.3 is 9.84 Å². The molecule has 0 amide bonds. The lowest BCUT2D eigenvalue weighted by molar-refractivity contribution is -0.144. The molecule has 1 N–H and O–H groups in total. The first-order valence-electron chi connectivity index (χ1n) is 5.23. The minimum Gasteiger partial charge on any atom is -0.465 e. The molecule has 0 spiro atoms. The molecule has 0 atom stereocenters. The van der Waals surface area contributed by atoms with Crippen molar-refractivity contribution in [3.63, 3.8) is 0 Å². The van der Waals surface area contributed by atoms with Crippen LogP contribution in [0.1, 0.15) is 26.7 Å². The number of carbonyl (C=O) groups is 1. The number of aliphatic hydroxyl groups is 1. The summed E-state index contributed by atoms with van der Waals surface area (Å²) >= 11 is 0. The molecule has 0 unspecified atom stereocenters. The standard InChI is InChI=1S/C10H21NO3/c1-3-5-6-11(7-8-12)9-10(13)14-4-2/h12H,3-9H2,1-2H3. The normalized spacial score (nSPS) is 10.6. The van der Waals surface area contributed by atoms with Crippen molar-refractivity contribution in [2.45, 2.75) is 26.7 Å². The number of rotatable bonds is 8. The van der Waals surface area contributed by atoms with Gasteiger partial charge in [-0.1, -0.05) is 13.3 Å². The zero-order chi connectivity index (χ0) is 10.8. The number of nitrogens with zero attached hydrogens (tertiary/aromatic N) is 1. The summed E-state index contributed by atoms with van der Waals surface area (Å²) in [4.78, 5) is 13.1. The highest BCUT2D eigenvalue weighted by Crippen LogP contribution is 1.95. The van der Waals surface area contributed by atoms with Crippen LogP contribution in [-0.4, -0.2) is 48.8 Å². The van der Waals surface area contributed by atoms with Crippen LogP contribution in [0.4, 0.5) is 0 Å². The average molecular weight is 203 g/mol. The molecule has 4 nitrogen and oxygen atoms in total. The van der Waals surface area contributed by atoms with Crippen LogP contribution in [0.15, 0.2) is 0 Å². The highest BCUT2D eigenvalue weighted by Gasteiger charge is 2.09. The Labute approximate surface area is 85.9 Å². The first-order chi connectivity index (χ1) is 6.74. The Morgan fingerprint density at radius 1 is 1.36 bits per heavy atom. The topological polar surface area (TPSA) is 49.8 Å². The third kappa shape index (κ3) is 6.86. The summed E-state index contributed by atoms with van der Waals surface area (Å²) in [7, 11) is 0. The maximum absolute atomic E-state index is 11.1. The largest absolute Gasteiger partial charge is 0.465 e. The smallest absolute Gasteiger partial charge is 0.320 e. The summed E-state index contributed by atoms with van der Waals surface area (Å²) in [5.74, 6) is -0.211. The lowest BCUT2D eigenvalue weighted by Gasteiger charge is -2.19. The summed E-state index contributed by atoms with van der Waals surface area (Å²) in [6, 6.07) is 0. The van der Waals surface area contributed by atoms with Gasteiger partial charge >= 0.3 is 5.97 Å². The first kappa shape index (κ1) is 13.4. The number of esters is 1. The van der Waals surface area contributed by atoms with Gasteiger partial charge in [-0.15, -0.1) is 0 Å². The van der Waals surface area contributed by atoms with Gasteiger partial charge in [-0.25, -0.2) is 0 Å². The molecule has 0 fully saturated rings. The molecule has 0 aromatic carbocycles. The van der Waals surface area contributed by atoms with Crippen molar-refractivity contribution in [1.82, 2.24) is 4.90 Å². The molecule has 0 aliphatic carbocycles. The van der Waals surface area contributed by atoms with Crippen molar-refractivity contribution < 1.29 is 14.6 Å². The van der Waals surface area contributed by atoms with E-state index < -0.39 is 0 Å². The Hall–Kier alpha value is -0.610. The Kier molecular flexibility index (Phi) is 8.57. The Morgan fingerprint density at radius 3 is 2.57 bits per heavy atom. The van der Waals surface area contributed by atoms with Crippen LogP contribution in [-0.2, 0) is 9.53 Å². The van der Waals surface area contributed by atoms with Crippen LogP contribution >= 0.6 is 0 Å². The van der Waals surface area contributed by atoms with Crippen molar-refractivity contribution >= 4 is 5.97 Å². The maximum atomic E-state index is 11.1. The van der Waals surface area contributed by atoms with Gasteiger partial charge in [-0.2, -0.15) is 0 Å². The van der Waals surface area contributed by atoms with Crippen LogP contribution in [0.3, 0.4) is 0 Å². The van der Waals surface area contributed by atoms with Gasteiger partial charge in [0.05, 0.1) is 19.8 Å². The van der Waals surface area contributed by atoms with Gasteiger partial charge in [0, 0.05) is 6.54 Å². The summed E-state index contributed by atoms with van der Waals surface area (Å²) in [6.45, 7) is 6.06. The second-order valence-corrected chi connectivity index (χ2v) is 3.16. The molecular formula is C10H21NO3. The Morgan fingerprint density at radius 2 is 2.07 bits per heavy atom. The Balaban J connectivity index is 3.75. The minimum atomic E-state index is -0.211. The number of carbonyl (C=O) groups excluding carboxylic acids is 1. The van der Waals surface area contributed by atoms with Gasteiger partial charge in [0.15, 0.2) is 0 Å². The van der Waals surface area contributed by atoms with E-state index in [1.165, 1.54) is 0 Å². The van der Waals surface area contributed by atoms with Gasteiger partial charge in [-0.3, -0.25) is 9.69 Å². The van der Waals surface area contributed by atoms with E-state index in [2.05, 4.69) is 6.92 Å². The number of ether oxygens (including phenoxy) is 1. The second-order valence-electron chi connectivity index (χ2n) is 3.16. The fraction of sp³-hybridized carbons (Fsp3) is 0.900. The predicted octanol–water partition coefficient (Wildman–Crippen LogP) is 0.644. The first-order valence-corrected chi connectivity index (χ1v) is 5.23. The van der Waals surface area contributed by atoms with E-state index in [9.17, 15) is 4.79 Å². The molecule has 0 radical (unpaired) electrons. The molecule has 0 heterocycles. The SMILES string of the molecule is CCCCN(CCO)CC(=O)OCC. The molecule has 0 saturated heterocycles. The average Bonchev–Trinajstić information content (AvgIpc) is 2.15. The molecule has 0 aliphatic rings. The number of aliphatic hydroxyl groups excluding tert-OH is 1. The molecule has 0 aromatic heterocycles.